The van der Waals surface area contributed by atoms with Crippen molar-refractivity contribution in [3.8, 4) is 0 Å². The lowest BCUT2D eigenvalue weighted by Gasteiger charge is -2.01. The maximum Gasteiger partial charge on any atom is 0.183 e. The van der Waals surface area contributed by atoms with E-state index in [0.29, 0.717) is 6.54 Å². The number of thiazole rings is 1. The first-order valence-corrected chi connectivity index (χ1v) is 6.03. The average molecular weight is 234 g/mol. The van der Waals surface area contributed by atoms with Gasteiger partial charge in [-0.2, -0.15) is 0 Å². The third-order valence-electron chi connectivity index (χ3n) is 2.15. The molecule has 0 amide bonds. The Kier molecular flexibility index (Phi) is 3.85. The molecule has 0 radical (unpaired) electrons. The molecular formula is C11H14N4S. The van der Waals surface area contributed by atoms with Crippen molar-refractivity contribution in [1.82, 2.24) is 9.97 Å². The van der Waals surface area contributed by atoms with Crippen LogP contribution in [0, 0.1) is 0 Å². The zero-order chi connectivity index (χ0) is 11.2. The number of nitrogens with one attached hydrogen (secondary N) is 1. The Morgan fingerprint density at radius 1 is 1.31 bits per heavy atom. The molecule has 0 saturated carbocycles. The number of aromatic nitrogens is 2. The minimum atomic E-state index is 0.646. The van der Waals surface area contributed by atoms with Crippen LogP contribution in [0.4, 0.5) is 5.13 Å². The van der Waals surface area contributed by atoms with Crippen molar-refractivity contribution < 1.29 is 0 Å². The van der Waals surface area contributed by atoms with Gasteiger partial charge in [0, 0.05) is 30.7 Å². The molecular weight excluding hydrogens is 220 g/mol. The molecule has 0 fully saturated rings. The lowest BCUT2D eigenvalue weighted by Crippen LogP contribution is -2.03. The number of pyridine rings is 1. The van der Waals surface area contributed by atoms with Gasteiger partial charge in [-0.3, -0.25) is 4.98 Å². The van der Waals surface area contributed by atoms with Crippen molar-refractivity contribution in [1.29, 1.82) is 0 Å². The van der Waals surface area contributed by atoms with Crippen molar-refractivity contribution >= 4 is 16.5 Å². The van der Waals surface area contributed by atoms with Crippen molar-refractivity contribution in [2.24, 2.45) is 5.73 Å². The largest absolute Gasteiger partial charge is 0.357 e. The second-order valence-electron chi connectivity index (χ2n) is 3.39. The highest BCUT2D eigenvalue weighted by Crippen LogP contribution is 2.16. The van der Waals surface area contributed by atoms with E-state index >= 15 is 0 Å². The molecule has 0 atom stereocenters. The van der Waals surface area contributed by atoms with Crippen LogP contribution < -0.4 is 11.1 Å². The molecule has 2 heterocycles. The number of rotatable bonds is 5. The molecule has 4 nitrogen and oxygen atoms in total. The highest BCUT2D eigenvalue weighted by molar-refractivity contribution is 7.13. The summed E-state index contributed by atoms with van der Waals surface area (Å²) in [5.41, 5.74) is 7.73. The summed E-state index contributed by atoms with van der Waals surface area (Å²) in [6.07, 6.45) is 4.42. The summed E-state index contributed by atoms with van der Waals surface area (Å²) in [5.74, 6) is 0. The van der Waals surface area contributed by atoms with Gasteiger partial charge in [0.15, 0.2) is 5.13 Å². The number of nitrogens with two attached hydrogens (primary N) is 1. The van der Waals surface area contributed by atoms with Crippen molar-refractivity contribution in [3.05, 3.63) is 41.2 Å². The van der Waals surface area contributed by atoms with E-state index in [1.54, 1.807) is 23.7 Å². The maximum atomic E-state index is 5.47. The molecule has 0 aromatic carbocycles. The Morgan fingerprint density at radius 3 is 2.88 bits per heavy atom. The van der Waals surface area contributed by atoms with Crippen molar-refractivity contribution in [2.75, 3.05) is 11.9 Å². The summed E-state index contributed by atoms with van der Waals surface area (Å²) in [5, 5.41) is 6.27. The quantitative estimate of drug-likeness (QED) is 0.825. The first-order valence-electron chi connectivity index (χ1n) is 5.16. The fourth-order valence-electron chi connectivity index (χ4n) is 1.33. The highest BCUT2D eigenvalue weighted by atomic mass is 32.1. The molecule has 84 valence electrons. The fraction of sp³-hybridized carbons (Fsp3) is 0.273. The molecule has 16 heavy (non-hydrogen) atoms. The third-order valence-corrected chi connectivity index (χ3v) is 2.99. The number of hydrogen-bond acceptors (Lipinski definition) is 5. The fourth-order valence-corrected chi connectivity index (χ4v) is 2.07. The molecule has 0 bridgehead atoms. The first-order chi connectivity index (χ1) is 7.88. The standard InChI is InChI=1S/C11H14N4S/c12-4-1-10-8-16-11(15-10)14-7-9-2-5-13-6-3-9/h2-3,5-6,8H,1,4,7,12H2,(H,14,15). The average Bonchev–Trinajstić information content (AvgIpc) is 2.76. The molecule has 3 N–H and O–H groups in total. The molecule has 0 aliphatic carbocycles. The zero-order valence-electron chi connectivity index (χ0n) is 8.89. The minimum Gasteiger partial charge on any atom is -0.357 e. The van der Waals surface area contributed by atoms with E-state index in [9.17, 15) is 0 Å². The van der Waals surface area contributed by atoms with Gasteiger partial charge >= 0.3 is 0 Å². The van der Waals surface area contributed by atoms with Gasteiger partial charge in [0.25, 0.3) is 0 Å². The summed E-state index contributed by atoms with van der Waals surface area (Å²) in [6, 6.07) is 3.98. The van der Waals surface area contributed by atoms with Crippen LogP contribution in [0.5, 0.6) is 0 Å². The summed E-state index contributed by atoms with van der Waals surface area (Å²) in [6.45, 7) is 1.42. The van der Waals surface area contributed by atoms with E-state index in [1.165, 1.54) is 5.56 Å². The van der Waals surface area contributed by atoms with Crippen molar-refractivity contribution in [3.63, 3.8) is 0 Å². The lowest BCUT2D eigenvalue weighted by atomic mass is 10.3. The summed E-state index contributed by atoms with van der Waals surface area (Å²) >= 11 is 1.62. The monoisotopic (exact) mass is 234 g/mol. The van der Waals surface area contributed by atoms with E-state index in [-0.39, 0.29) is 0 Å². The smallest absolute Gasteiger partial charge is 0.183 e. The van der Waals surface area contributed by atoms with Gasteiger partial charge in [-0.1, -0.05) is 0 Å². The van der Waals surface area contributed by atoms with Gasteiger partial charge in [0.2, 0.25) is 0 Å². The molecule has 0 unspecified atom stereocenters. The van der Waals surface area contributed by atoms with E-state index < -0.39 is 0 Å². The van der Waals surface area contributed by atoms with Crippen LogP contribution >= 0.6 is 11.3 Å². The highest BCUT2D eigenvalue weighted by Gasteiger charge is 2.00. The van der Waals surface area contributed by atoms with Gasteiger partial charge in [0.1, 0.15) is 0 Å². The van der Waals surface area contributed by atoms with E-state index in [1.807, 2.05) is 17.5 Å². The summed E-state index contributed by atoms with van der Waals surface area (Å²) in [4.78, 5) is 8.40. The second kappa shape index (κ2) is 5.58. The van der Waals surface area contributed by atoms with Gasteiger partial charge < -0.3 is 11.1 Å². The lowest BCUT2D eigenvalue weighted by molar-refractivity contribution is 0.933. The van der Waals surface area contributed by atoms with Crippen LogP contribution in [0.25, 0.3) is 0 Å². The molecule has 0 spiro atoms. The van der Waals surface area contributed by atoms with E-state index in [4.69, 9.17) is 5.73 Å². The van der Waals surface area contributed by atoms with Crippen LogP contribution in [0.1, 0.15) is 11.3 Å². The van der Waals surface area contributed by atoms with Gasteiger partial charge in [-0.05, 0) is 24.2 Å². The number of anilines is 1. The zero-order valence-corrected chi connectivity index (χ0v) is 9.70. The molecule has 0 aliphatic heterocycles. The molecule has 5 heteroatoms. The number of hydrogen-bond donors (Lipinski definition) is 2. The first kappa shape index (κ1) is 11.0. The normalized spacial score (nSPS) is 10.3. The second-order valence-corrected chi connectivity index (χ2v) is 4.25. The van der Waals surface area contributed by atoms with Crippen LogP contribution in [-0.4, -0.2) is 16.5 Å². The minimum absolute atomic E-state index is 0.646. The SMILES string of the molecule is NCCc1csc(NCc2ccncc2)n1. The van der Waals surface area contributed by atoms with Gasteiger partial charge in [0.05, 0.1) is 5.69 Å². The molecule has 0 saturated heterocycles. The molecule has 2 aromatic heterocycles. The topological polar surface area (TPSA) is 63.8 Å². The summed E-state index contributed by atoms with van der Waals surface area (Å²) < 4.78 is 0. The van der Waals surface area contributed by atoms with Crippen LogP contribution in [0.3, 0.4) is 0 Å². The molecule has 0 aliphatic rings. The Labute approximate surface area is 98.6 Å². The predicted molar refractivity (Wildman–Crippen MR) is 66.4 cm³/mol. The van der Waals surface area contributed by atoms with Crippen molar-refractivity contribution in [2.45, 2.75) is 13.0 Å². The molecule has 2 aromatic rings. The Balaban J connectivity index is 1.89. The van der Waals surface area contributed by atoms with Crippen LogP contribution in [-0.2, 0) is 13.0 Å². The van der Waals surface area contributed by atoms with Crippen LogP contribution in [0.15, 0.2) is 29.9 Å². The predicted octanol–water partition coefficient (Wildman–Crippen LogP) is 1.65. The summed E-state index contributed by atoms with van der Waals surface area (Å²) in [7, 11) is 0. The Bertz CT molecular complexity index is 427. The maximum absolute atomic E-state index is 5.47. The van der Waals surface area contributed by atoms with E-state index in [2.05, 4.69) is 15.3 Å². The van der Waals surface area contributed by atoms with Crippen LogP contribution in [0.2, 0.25) is 0 Å². The Hall–Kier alpha value is -1.46. The van der Waals surface area contributed by atoms with E-state index in [0.717, 1.165) is 23.8 Å². The number of nitrogens with zero attached hydrogens (tertiary/aromatic N) is 2. The molecule has 2 rings (SSSR count). The van der Waals surface area contributed by atoms with Gasteiger partial charge in [-0.15, -0.1) is 11.3 Å². The third kappa shape index (κ3) is 3.01. The Morgan fingerprint density at radius 2 is 2.12 bits per heavy atom. The van der Waals surface area contributed by atoms with Gasteiger partial charge in [-0.25, -0.2) is 4.98 Å².